The van der Waals surface area contributed by atoms with Crippen LogP contribution in [0.2, 0.25) is 15.1 Å². The highest BCUT2D eigenvalue weighted by molar-refractivity contribution is 7.89. The number of nitrogens with zero attached hydrogens (tertiary/aromatic N) is 2. The second-order valence-corrected chi connectivity index (χ2v) is 10.7. The van der Waals surface area contributed by atoms with Crippen LogP contribution in [0.5, 0.6) is 0 Å². The van der Waals surface area contributed by atoms with Crippen molar-refractivity contribution in [1.82, 2.24) is 9.71 Å². The number of benzene rings is 2. The summed E-state index contributed by atoms with van der Waals surface area (Å²) >= 11 is 18.7. The van der Waals surface area contributed by atoms with Gasteiger partial charge < -0.3 is 9.64 Å². The number of aromatic nitrogens is 1. The predicted octanol–water partition coefficient (Wildman–Crippen LogP) is 5.36. The van der Waals surface area contributed by atoms with Gasteiger partial charge in [0.05, 0.1) is 18.8 Å². The largest absolute Gasteiger partial charge is 0.374 e. The molecule has 2 unspecified atom stereocenters. The molecule has 0 spiro atoms. The Morgan fingerprint density at radius 1 is 1.06 bits per heavy atom. The molecule has 174 valence electrons. The van der Waals surface area contributed by atoms with Gasteiger partial charge in [0, 0.05) is 46.2 Å². The monoisotopic (exact) mass is 525 g/mol. The Balaban J connectivity index is 1.48. The van der Waals surface area contributed by atoms with Crippen molar-refractivity contribution < 1.29 is 13.2 Å². The van der Waals surface area contributed by atoms with Gasteiger partial charge in [0.2, 0.25) is 10.0 Å². The van der Waals surface area contributed by atoms with E-state index in [4.69, 9.17) is 39.5 Å². The third-order valence-corrected chi connectivity index (χ3v) is 7.71. The van der Waals surface area contributed by atoms with Gasteiger partial charge in [0.25, 0.3) is 0 Å². The maximum Gasteiger partial charge on any atom is 0.242 e. The quantitative estimate of drug-likeness (QED) is 0.449. The summed E-state index contributed by atoms with van der Waals surface area (Å²) in [6, 6.07) is 16.0. The fourth-order valence-corrected chi connectivity index (χ4v) is 5.45. The fourth-order valence-electron chi connectivity index (χ4n) is 3.78. The molecule has 1 fully saturated rings. The first-order valence-electron chi connectivity index (χ1n) is 10.3. The Morgan fingerprint density at radius 2 is 1.82 bits per heavy atom. The minimum Gasteiger partial charge on any atom is -0.374 e. The summed E-state index contributed by atoms with van der Waals surface area (Å²) in [5, 5.41) is 1.78. The van der Waals surface area contributed by atoms with Crippen LogP contribution in [0.4, 0.5) is 5.69 Å². The number of sulfonamides is 1. The van der Waals surface area contributed by atoms with Crippen LogP contribution in [0.15, 0.2) is 71.9 Å². The third kappa shape index (κ3) is 5.98. The lowest BCUT2D eigenvalue weighted by Crippen LogP contribution is -2.46. The lowest BCUT2D eigenvalue weighted by atomic mass is 10.0. The molecule has 2 atom stereocenters. The zero-order valence-electron chi connectivity index (χ0n) is 17.5. The molecule has 0 bridgehead atoms. The third-order valence-electron chi connectivity index (χ3n) is 5.45. The molecule has 4 rings (SSSR count). The molecule has 0 aliphatic carbocycles. The Kier molecular flexibility index (Phi) is 7.79. The van der Waals surface area contributed by atoms with Gasteiger partial charge >= 0.3 is 0 Å². The van der Waals surface area contributed by atoms with Crippen molar-refractivity contribution in [2.45, 2.75) is 23.5 Å². The summed E-state index contributed by atoms with van der Waals surface area (Å²) in [5.41, 5.74) is 1.88. The van der Waals surface area contributed by atoms with Crippen LogP contribution in [-0.4, -0.2) is 39.2 Å². The number of nitrogens with one attached hydrogen (secondary N) is 1. The van der Waals surface area contributed by atoms with Crippen LogP contribution >= 0.6 is 34.8 Å². The first-order chi connectivity index (χ1) is 15.8. The number of morpholine rings is 1. The molecule has 3 aromatic rings. The average molecular weight is 527 g/mol. The van der Waals surface area contributed by atoms with E-state index in [9.17, 15) is 8.42 Å². The van der Waals surface area contributed by atoms with Gasteiger partial charge in [0.1, 0.15) is 4.90 Å². The molecular formula is C23H22Cl3N3O3S. The molecule has 0 radical (unpaired) electrons. The Bertz CT molecular complexity index is 1190. The zero-order chi connectivity index (χ0) is 23.4. The molecule has 0 amide bonds. The van der Waals surface area contributed by atoms with Crippen molar-refractivity contribution in [2.24, 2.45) is 0 Å². The molecule has 1 aliphatic rings. The van der Waals surface area contributed by atoms with E-state index >= 15 is 0 Å². The van der Waals surface area contributed by atoms with Crippen LogP contribution < -0.4 is 9.62 Å². The van der Waals surface area contributed by atoms with Gasteiger partial charge in [-0.1, -0.05) is 40.9 Å². The molecule has 1 aliphatic heterocycles. The minimum atomic E-state index is -3.62. The van der Waals surface area contributed by atoms with Gasteiger partial charge in [-0.3, -0.25) is 4.98 Å². The van der Waals surface area contributed by atoms with Crippen LogP contribution in [0, 0.1) is 0 Å². The summed E-state index contributed by atoms with van der Waals surface area (Å²) in [6.07, 6.45) is 3.18. The molecule has 33 heavy (non-hydrogen) atoms. The van der Waals surface area contributed by atoms with E-state index in [1.807, 2.05) is 36.4 Å². The summed E-state index contributed by atoms with van der Waals surface area (Å²) in [4.78, 5) is 6.21. The van der Waals surface area contributed by atoms with Crippen LogP contribution in [-0.2, 0) is 14.8 Å². The smallest absolute Gasteiger partial charge is 0.242 e. The van der Waals surface area contributed by atoms with Gasteiger partial charge in [-0.2, -0.15) is 0 Å². The summed E-state index contributed by atoms with van der Waals surface area (Å²) < 4.78 is 33.6. The topological polar surface area (TPSA) is 71.5 Å². The number of rotatable bonds is 7. The highest BCUT2D eigenvalue weighted by atomic mass is 35.5. The fraction of sp³-hybridized carbons (Fsp3) is 0.261. The molecule has 1 aromatic heterocycles. The lowest BCUT2D eigenvalue weighted by Gasteiger charge is -2.42. The summed E-state index contributed by atoms with van der Waals surface area (Å²) in [7, 11) is -3.62. The highest BCUT2D eigenvalue weighted by Gasteiger charge is 2.31. The normalized spacial score (nSPS) is 18.9. The van der Waals surface area contributed by atoms with Crippen molar-refractivity contribution in [3.8, 4) is 0 Å². The van der Waals surface area contributed by atoms with Gasteiger partial charge in [-0.15, -0.1) is 0 Å². The van der Waals surface area contributed by atoms with Gasteiger partial charge in [-0.05, 0) is 60.5 Å². The van der Waals surface area contributed by atoms with E-state index in [0.717, 1.165) is 11.3 Å². The van der Waals surface area contributed by atoms with E-state index in [1.165, 1.54) is 18.5 Å². The van der Waals surface area contributed by atoms with Crippen molar-refractivity contribution in [3.05, 3.63) is 87.6 Å². The van der Waals surface area contributed by atoms with Crippen LogP contribution in [0.25, 0.3) is 0 Å². The van der Waals surface area contributed by atoms with E-state index in [0.29, 0.717) is 34.6 Å². The van der Waals surface area contributed by atoms with Crippen LogP contribution in [0.1, 0.15) is 18.0 Å². The Hall–Kier alpha value is -1.87. The van der Waals surface area contributed by atoms with E-state index in [-0.39, 0.29) is 23.6 Å². The van der Waals surface area contributed by atoms with E-state index in [2.05, 4.69) is 14.6 Å². The number of pyridine rings is 1. The molecule has 2 aromatic carbocycles. The summed E-state index contributed by atoms with van der Waals surface area (Å²) in [6.45, 7) is 1.19. The Morgan fingerprint density at radius 3 is 2.52 bits per heavy atom. The number of ether oxygens (including phenoxy) is 1. The summed E-state index contributed by atoms with van der Waals surface area (Å²) in [5.74, 6) is 0. The second-order valence-electron chi connectivity index (χ2n) is 7.64. The lowest BCUT2D eigenvalue weighted by molar-refractivity contribution is 0.0150. The number of anilines is 1. The predicted molar refractivity (Wildman–Crippen MR) is 132 cm³/mol. The zero-order valence-corrected chi connectivity index (χ0v) is 20.6. The molecule has 10 heteroatoms. The number of halogens is 3. The molecule has 1 N–H and O–H groups in total. The van der Waals surface area contributed by atoms with Crippen molar-refractivity contribution in [3.63, 3.8) is 0 Å². The Labute approximate surface area is 208 Å². The SMILES string of the molecule is O=S(=O)(NCCC1CN(c2ccc(Cl)cc2)C(c2ccc(Cl)cc2Cl)CO1)c1cccnc1. The van der Waals surface area contributed by atoms with Crippen molar-refractivity contribution >= 4 is 50.5 Å². The molecule has 1 saturated heterocycles. The van der Waals surface area contributed by atoms with Crippen molar-refractivity contribution in [2.75, 3.05) is 24.6 Å². The van der Waals surface area contributed by atoms with E-state index < -0.39 is 10.0 Å². The first-order valence-corrected chi connectivity index (χ1v) is 12.9. The van der Waals surface area contributed by atoms with E-state index in [1.54, 1.807) is 12.1 Å². The molecule has 0 saturated carbocycles. The highest BCUT2D eigenvalue weighted by Crippen LogP contribution is 2.36. The second kappa shape index (κ2) is 10.6. The molecule has 2 heterocycles. The number of hydrogen-bond acceptors (Lipinski definition) is 5. The standard InChI is InChI=1S/C23H22Cl3N3O3S/c24-16-3-6-18(7-4-16)29-14-19(9-11-28-33(30,31)20-2-1-10-27-13-20)32-15-23(29)21-8-5-17(25)12-22(21)26/h1-8,10,12-13,19,23,28H,9,11,14-15H2. The number of hydrogen-bond donors (Lipinski definition) is 1. The molecular weight excluding hydrogens is 505 g/mol. The maximum atomic E-state index is 12.5. The minimum absolute atomic E-state index is 0.126. The maximum absolute atomic E-state index is 12.5. The average Bonchev–Trinajstić information content (AvgIpc) is 2.80. The van der Waals surface area contributed by atoms with Crippen molar-refractivity contribution in [1.29, 1.82) is 0 Å². The van der Waals surface area contributed by atoms with Gasteiger partial charge in [-0.25, -0.2) is 13.1 Å². The van der Waals surface area contributed by atoms with Crippen LogP contribution in [0.3, 0.4) is 0 Å². The first kappa shape index (κ1) is 24.3. The van der Waals surface area contributed by atoms with Gasteiger partial charge in [0.15, 0.2) is 0 Å². The molecule has 6 nitrogen and oxygen atoms in total.